The summed E-state index contributed by atoms with van der Waals surface area (Å²) < 4.78 is 5.83. The second-order valence-electron chi connectivity index (χ2n) is 7.87. The molecule has 2 aromatic rings. The van der Waals surface area contributed by atoms with Gasteiger partial charge in [-0.2, -0.15) is 0 Å². The zero-order chi connectivity index (χ0) is 18.6. The molecular weight excluding hydrogens is 451 g/mol. The van der Waals surface area contributed by atoms with Crippen LogP contribution in [0.25, 0.3) is 0 Å². The predicted octanol–water partition coefficient (Wildman–Crippen LogP) is 4.33. The van der Waals surface area contributed by atoms with Crippen molar-refractivity contribution >= 4 is 29.9 Å². The van der Waals surface area contributed by atoms with E-state index in [4.69, 9.17) is 9.41 Å². The maximum absolute atomic E-state index is 5.83. The van der Waals surface area contributed by atoms with E-state index < -0.39 is 0 Å². The summed E-state index contributed by atoms with van der Waals surface area (Å²) in [5.41, 5.74) is 4.22. The molecule has 27 heavy (non-hydrogen) atoms. The second kappa shape index (κ2) is 9.57. The number of hydrogen-bond donors (Lipinski definition) is 2. The number of nitrogens with one attached hydrogen (secondary N) is 2. The van der Waals surface area contributed by atoms with E-state index >= 15 is 0 Å². The van der Waals surface area contributed by atoms with E-state index in [1.165, 1.54) is 36.0 Å². The third-order valence-corrected chi connectivity index (χ3v) is 4.63. The van der Waals surface area contributed by atoms with Crippen LogP contribution in [0.3, 0.4) is 0 Å². The smallest absolute Gasteiger partial charge is 0.213 e. The van der Waals surface area contributed by atoms with Gasteiger partial charge in [-0.05, 0) is 42.9 Å². The number of hydrogen-bond acceptors (Lipinski definition) is 3. The maximum atomic E-state index is 5.83. The molecular formula is C21H31IN4O. The molecule has 1 aromatic carbocycles. The number of rotatable bonds is 5. The third kappa shape index (κ3) is 5.96. The van der Waals surface area contributed by atoms with Gasteiger partial charge in [-0.25, -0.2) is 9.98 Å². The summed E-state index contributed by atoms with van der Waals surface area (Å²) in [5, 5.41) is 6.59. The zero-order valence-electron chi connectivity index (χ0n) is 16.8. The highest BCUT2D eigenvalue weighted by molar-refractivity contribution is 14.0. The normalized spacial score (nSPS) is 13.9. The first-order valence-corrected chi connectivity index (χ1v) is 9.54. The van der Waals surface area contributed by atoms with Crippen molar-refractivity contribution in [1.29, 1.82) is 0 Å². The molecule has 1 aromatic heterocycles. The monoisotopic (exact) mass is 482 g/mol. The van der Waals surface area contributed by atoms with Crippen molar-refractivity contribution in [2.45, 2.75) is 65.5 Å². The van der Waals surface area contributed by atoms with Crippen LogP contribution in [0.1, 0.15) is 62.5 Å². The Kier molecular flexibility index (Phi) is 7.70. The SMILES string of the molecule is CCNC(=NCc1ccc2c(c1)CCC2)NCc1ncc(C(C)(C)C)o1.I. The predicted molar refractivity (Wildman–Crippen MR) is 121 cm³/mol. The first kappa shape index (κ1) is 21.7. The summed E-state index contributed by atoms with van der Waals surface area (Å²) in [6.45, 7) is 10.4. The van der Waals surface area contributed by atoms with E-state index in [0.29, 0.717) is 19.0 Å². The number of nitrogens with zero attached hydrogens (tertiary/aromatic N) is 2. The minimum atomic E-state index is -0.0304. The van der Waals surface area contributed by atoms with Crippen LogP contribution in [-0.2, 0) is 31.3 Å². The minimum absolute atomic E-state index is 0. The van der Waals surface area contributed by atoms with Crippen molar-refractivity contribution in [2.24, 2.45) is 4.99 Å². The number of benzene rings is 1. The number of guanidine groups is 1. The molecule has 0 fully saturated rings. The summed E-state index contributed by atoms with van der Waals surface area (Å²) in [7, 11) is 0. The molecule has 0 saturated heterocycles. The summed E-state index contributed by atoms with van der Waals surface area (Å²) >= 11 is 0. The summed E-state index contributed by atoms with van der Waals surface area (Å²) in [5.74, 6) is 2.36. The lowest BCUT2D eigenvalue weighted by Gasteiger charge is -2.13. The molecule has 0 saturated carbocycles. The van der Waals surface area contributed by atoms with Crippen molar-refractivity contribution in [3.05, 3.63) is 52.7 Å². The molecule has 0 radical (unpaired) electrons. The molecule has 6 heteroatoms. The van der Waals surface area contributed by atoms with Gasteiger partial charge in [0.2, 0.25) is 5.89 Å². The molecule has 0 bridgehead atoms. The molecule has 148 valence electrons. The van der Waals surface area contributed by atoms with Gasteiger partial charge in [0, 0.05) is 12.0 Å². The molecule has 1 aliphatic carbocycles. The Bertz CT molecular complexity index is 777. The van der Waals surface area contributed by atoms with Crippen LogP contribution in [0.2, 0.25) is 0 Å². The topological polar surface area (TPSA) is 62.5 Å². The fraction of sp³-hybridized carbons (Fsp3) is 0.524. The zero-order valence-corrected chi connectivity index (χ0v) is 19.1. The van der Waals surface area contributed by atoms with Gasteiger partial charge in [0.05, 0.1) is 19.3 Å². The van der Waals surface area contributed by atoms with Crippen LogP contribution in [0.4, 0.5) is 0 Å². The average Bonchev–Trinajstić information content (AvgIpc) is 3.25. The van der Waals surface area contributed by atoms with Crippen LogP contribution in [0.15, 0.2) is 33.8 Å². The molecule has 0 aliphatic heterocycles. The van der Waals surface area contributed by atoms with E-state index in [2.05, 4.69) is 61.5 Å². The molecule has 1 heterocycles. The summed E-state index contributed by atoms with van der Waals surface area (Å²) in [6, 6.07) is 6.76. The highest BCUT2D eigenvalue weighted by atomic mass is 127. The fourth-order valence-electron chi connectivity index (χ4n) is 3.13. The molecule has 5 nitrogen and oxygen atoms in total. The lowest BCUT2D eigenvalue weighted by molar-refractivity contribution is 0.379. The molecule has 3 rings (SSSR count). The van der Waals surface area contributed by atoms with Crippen molar-refractivity contribution in [2.75, 3.05) is 6.54 Å². The van der Waals surface area contributed by atoms with Gasteiger partial charge in [0.1, 0.15) is 5.76 Å². The van der Waals surface area contributed by atoms with Crippen molar-refractivity contribution in [1.82, 2.24) is 15.6 Å². The highest BCUT2D eigenvalue weighted by Crippen LogP contribution is 2.23. The molecule has 2 N–H and O–H groups in total. The van der Waals surface area contributed by atoms with Crippen LogP contribution >= 0.6 is 24.0 Å². The minimum Gasteiger partial charge on any atom is -0.443 e. The number of halogens is 1. The molecule has 0 amide bonds. The van der Waals surface area contributed by atoms with Crippen LogP contribution < -0.4 is 10.6 Å². The van der Waals surface area contributed by atoms with Gasteiger partial charge in [-0.15, -0.1) is 24.0 Å². The lowest BCUT2D eigenvalue weighted by Crippen LogP contribution is -2.36. The molecule has 0 unspecified atom stereocenters. The van der Waals surface area contributed by atoms with E-state index in [1.807, 2.05) is 6.20 Å². The largest absolute Gasteiger partial charge is 0.443 e. The standard InChI is InChI=1S/C21H30N4O.HI/c1-5-22-20(25-14-19-23-13-18(26-19)21(2,3)4)24-12-15-9-10-16-7-6-8-17(16)11-15;/h9-11,13H,5-8,12,14H2,1-4H3,(H2,22,24,25);1H. The first-order chi connectivity index (χ1) is 12.5. The van der Waals surface area contributed by atoms with Gasteiger partial charge in [0.25, 0.3) is 0 Å². The van der Waals surface area contributed by atoms with Gasteiger partial charge in [-0.1, -0.05) is 39.0 Å². The number of aryl methyl sites for hydroxylation is 2. The highest BCUT2D eigenvalue weighted by Gasteiger charge is 2.19. The van der Waals surface area contributed by atoms with Gasteiger partial charge < -0.3 is 15.1 Å². The van der Waals surface area contributed by atoms with Crippen LogP contribution in [0.5, 0.6) is 0 Å². The second-order valence-corrected chi connectivity index (χ2v) is 7.87. The first-order valence-electron chi connectivity index (χ1n) is 9.54. The fourth-order valence-corrected chi connectivity index (χ4v) is 3.13. The van der Waals surface area contributed by atoms with Crippen LogP contribution in [0, 0.1) is 0 Å². The number of aliphatic imine (C=N–C) groups is 1. The van der Waals surface area contributed by atoms with Crippen molar-refractivity contribution in [3.8, 4) is 0 Å². The Morgan fingerprint density at radius 3 is 2.67 bits per heavy atom. The Hall–Kier alpha value is -1.57. The van der Waals surface area contributed by atoms with E-state index in [1.54, 1.807) is 0 Å². The quantitative estimate of drug-likeness (QED) is 0.378. The summed E-state index contributed by atoms with van der Waals surface area (Å²) in [6.07, 6.45) is 5.51. The van der Waals surface area contributed by atoms with Crippen molar-refractivity contribution in [3.63, 3.8) is 0 Å². The molecule has 0 spiro atoms. The number of aromatic nitrogens is 1. The van der Waals surface area contributed by atoms with E-state index in [0.717, 1.165) is 18.3 Å². The molecule has 1 aliphatic rings. The Balaban J connectivity index is 0.00000261. The van der Waals surface area contributed by atoms with Crippen molar-refractivity contribution < 1.29 is 4.42 Å². The summed E-state index contributed by atoms with van der Waals surface area (Å²) in [4.78, 5) is 9.07. The van der Waals surface area contributed by atoms with Crippen LogP contribution in [-0.4, -0.2) is 17.5 Å². The van der Waals surface area contributed by atoms with Gasteiger partial charge >= 0.3 is 0 Å². The average molecular weight is 482 g/mol. The van der Waals surface area contributed by atoms with E-state index in [-0.39, 0.29) is 29.4 Å². The van der Waals surface area contributed by atoms with Gasteiger partial charge in [0.15, 0.2) is 5.96 Å². The Morgan fingerprint density at radius 2 is 1.96 bits per heavy atom. The number of fused-ring (bicyclic) bond motifs is 1. The van der Waals surface area contributed by atoms with E-state index in [9.17, 15) is 0 Å². The maximum Gasteiger partial charge on any atom is 0.213 e. The molecule has 0 atom stereocenters. The Morgan fingerprint density at radius 1 is 1.19 bits per heavy atom. The number of oxazole rings is 1. The lowest BCUT2D eigenvalue weighted by atomic mass is 9.94. The Labute approximate surface area is 179 Å². The third-order valence-electron chi connectivity index (χ3n) is 4.63. The van der Waals surface area contributed by atoms with Gasteiger partial charge in [-0.3, -0.25) is 0 Å².